The van der Waals surface area contributed by atoms with E-state index in [1.807, 2.05) is 0 Å². The fourth-order valence-corrected chi connectivity index (χ4v) is 0. The smallest absolute Gasteiger partial charge is 0.261 e. The first-order valence-electron chi connectivity index (χ1n) is 0.924. The molecule has 3 nitrogen and oxygen atoms in total. The molecule has 0 atom stereocenters. The molecule has 0 unspecified atom stereocenters. The molecule has 0 aliphatic heterocycles. The van der Waals surface area contributed by atoms with Gasteiger partial charge in [0.15, 0.2) is 0 Å². The van der Waals surface area contributed by atoms with Crippen LogP contribution in [0.5, 0.6) is 0 Å². The van der Waals surface area contributed by atoms with Gasteiger partial charge in [0, 0.05) is 26.2 Å². The predicted molar refractivity (Wildman–Crippen MR) is 17.5 cm³/mol. The molecule has 0 aliphatic carbocycles. The largest absolute Gasteiger partial charge is 0.286 e. The third-order valence-electron chi connectivity index (χ3n) is 0. The maximum absolute atomic E-state index is 9.19. The van der Waals surface area contributed by atoms with E-state index in [2.05, 4.69) is 0 Å². The Morgan fingerprint density at radius 3 is 1.50 bits per heavy atom. The molecule has 0 aromatic carbocycles. The van der Waals surface area contributed by atoms with E-state index in [9.17, 15) is 8.42 Å². The van der Waals surface area contributed by atoms with Crippen molar-refractivity contribution in [3.63, 3.8) is 0 Å². The monoisotopic (exact) mass is 186 g/mol. The summed E-state index contributed by atoms with van der Waals surface area (Å²) in [7, 11) is -3.67. The number of hydrogen-bond donors (Lipinski definition) is 1. The summed E-state index contributed by atoms with van der Waals surface area (Å²) >= 11 is 0. The van der Waals surface area contributed by atoms with Gasteiger partial charge < -0.3 is 0 Å². The summed E-state index contributed by atoms with van der Waals surface area (Å²) < 4.78 is 25.9. The van der Waals surface area contributed by atoms with Gasteiger partial charge in [0.2, 0.25) is 0 Å². The van der Waals surface area contributed by atoms with Crippen molar-refractivity contribution >= 4 is 10.1 Å². The van der Waals surface area contributed by atoms with E-state index in [-0.39, 0.29) is 26.2 Å². The Morgan fingerprint density at radius 2 is 1.50 bits per heavy atom. The second-order valence-corrected chi connectivity index (χ2v) is 2.20. The van der Waals surface area contributed by atoms with Crippen molar-refractivity contribution in [3.8, 4) is 0 Å². The zero-order valence-electron chi connectivity index (χ0n) is 3.17. The summed E-state index contributed by atoms with van der Waals surface area (Å²) in [6, 6.07) is 0. The van der Waals surface area contributed by atoms with E-state index in [1.54, 1.807) is 0 Å². The Kier molecular flexibility index (Phi) is 4.77. The molecule has 5 heteroatoms. The topological polar surface area (TPSA) is 54.4 Å². The Bertz CT molecular complexity index is 94.0. The molecule has 36 valence electrons. The van der Waals surface area contributed by atoms with Crippen LogP contribution in [-0.4, -0.2) is 19.2 Å². The molecule has 0 aromatic rings. The average molecular weight is 187 g/mol. The van der Waals surface area contributed by atoms with Crippen LogP contribution in [0, 0.1) is 0 Å². The summed E-state index contributed by atoms with van der Waals surface area (Å²) in [5.74, 6) is 0. The third-order valence-corrected chi connectivity index (χ3v) is 0. The van der Waals surface area contributed by atoms with Gasteiger partial charge in [0.25, 0.3) is 10.1 Å². The van der Waals surface area contributed by atoms with Gasteiger partial charge in [0.05, 0.1) is 6.26 Å². The van der Waals surface area contributed by atoms with Crippen LogP contribution in [0.3, 0.4) is 0 Å². The molecule has 0 aliphatic rings. The number of hydrogen-bond acceptors (Lipinski definition) is 2. The molecule has 0 rings (SSSR count). The van der Waals surface area contributed by atoms with Gasteiger partial charge in [-0.25, -0.2) is 0 Å². The molecule has 0 spiro atoms. The molecule has 1 N–H and O–H groups in total. The zero-order chi connectivity index (χ0) is 4.50. The number of rotatable bonds is 0. The van der Waals surface area contributed by atoms with E-state index in [4.69, 9.17) is 4.55 Å². The van der Waals surface area contributed by atoms with Crippen LogP contribution >= 0.6 is 0 Å². The van der Waals surface area contributed by atoms with Crippen molar-refractivity contribution in [3.05, 3.63) is 0 Å². The van der Waals surface area contributed by atoms with Gasteiger partial charge in [-0.2, -0.15) is 8.42 Å². The van der Waals surface area contributed by atoms with Crippen molar-refractivity contribution in [2.45, 2.75) is 0 Å². The maximum atomic E-state index is 9.19. The molecule has 6 heavy (non-hydrogen) atoms. The Balaban J connectivity index is 0. The summed E-state index contributed by atoms with van der Waals surface area (Å²) in [6.07, 6.45) is 0.715. The van der Waals surface area contributed by atoms with E-state index >= 15 is 0 Å². The van der Waals surface area contributed by atoms with Crippen LogP contribution in [0.4, 0.5) is 0 Å². The van der Waals surface area contributed by atoms with Crippen molar-refractivity contribution in [2.24, 2.45) is 0 Å². The average Bonchev–Trinajstić information content (AvgIpc) is 0.722. The van der Waals surface area contributed by atoms with Crippen LogP contribution in [0.25, 0.3) is 0 Å². The summed E-state index contributed by atoms with van der Waals surface area (Å²) in [5.41, 5.74) is 0. The van der Waals surface area contributed by atoms with Crippen LogP contribution in [0.1, 0.15) is 0 Å². The van der Waals surface area contributed by atoms with Gasteiger partial charge in [-0.05, 0) is 0 Å². The van der Waals surface area contributed by atoms with Crippen LogP contribution in [-0.2, 0) is 36.3 Å². The standard InChI is InChI=1S/CH4O3S.Zr/c1-5(2,3)4;/h1H3,(H,2,3,4);. The summed E-state index contributed by atoms with van der Waals surface area (Å²) in [4.78, 5) is 0. The summed E-state index contributed by atoms with van der Waals surface area (Å²) in [6.45, 7) is 0. The zero-order valence-corrected chi connectivity index (χ0v) is 6.45. The Labute approximate surface area is 55.6 Å². The molecular formula is CH4O3SZr. The van der Waals surface area contributed by atoms with E-state index in [0.717, 1.165) is 0 Å². The Morgan fingerprint density at radius 1 is 1.50 bits per heavy atom. The molecular weight excluding hydrogens is 183 g/mol. The third kappa shape index (κ3) is 110. The van der Waals surface area contributed by atoms with Gasteiger partial charge in [-0.15, -0.1) is 0 Å². The predicted octanol–water partition coefficient (Wildman–Crippen LogP) is -0.498. The first kappa shape index (κ1) is 9.92. The van der Waals surface area contributed by atoms with Gasteiger partial charge in [-0.3, -0.25) is 4.55 Å². The van der Waals surface area contributed by atoms with Crippen LogP contribution < -0.4 is 0 Å². The fourth-order valence-electron chi connectivity index (χ4n) is 0. The molecule has 0 fully saturated rings. The second kappa shape index (κ2) is 2.88. The Hall–Kier alpha value is 0.793. The van der Waals surface area contributed by atoms with Gasteiger partial charge in [0.1, 0.15) is 0 Å². The van der Waals surface area contributed by atoms with E-state index < -0.39 is 10.1 Å². The van der Waals surface area contributed by atoms with Gasteiger partial charge >= 0.3 is 0 Å². The van der Waals surface area contributed by atoms with Crippen molar-refractivity contribution < 1.29 is 39.2 Å². The maximum Gasteiger partial charge on any atom is 0.261 e. The van der Waals surface area contributed by atoms with Gasteiger partial charge in [-0.1, -0.05) is 0 Å². The molecule has 0 amide bonds. The van der Waals surface area contributed by atoms with Crippen LogP contribution in [0.15, 0.2) is 0 Å². The SMILES string of the molecule is CS(=O)(=O)O.[Zr]. The minimum absolute atomic E-state index is 0. The van der Waals surface area contributed by atoms with Crippen LogP contribution in [0.2, 0.25) is 0 Å². The molecule has 0 aromatic heterocycles. The molecule has 0 saturated heterocycles. The summed E-state index contributed by atoms with van der Waals surface area (Å²) in [5, 5.41) is 0. The first-order valence-corrected chi connectivity index (χ1v) is 2.77. The minimum Gasteiger partial charge on any atom is -0.286 e. The van der Waals surface area contributed by atoms with E-state index in [1.165, 1.54) is 0 Å². The van der Waals surface area contributed by atoms with Crippen molar-refractivity contribution in [2.75, 3.05) is 6.26 Å². The molecule has 0 saturated carbocycles. The molecule has 0 radical (unpaired) electrons. The fraction of sp³-hybridized carbons (Fsp3) is 1.00. The molecule has 0 heterocycles. The molecule has 0 bridgehead atoms. The normalized spacial score (nSPS) is 9.67. The van der Waals surface area contributed by atoms with Crippen molar-refractivity contribution in [1.82, 2.24) is 0 Å². The second-order valence-electron chi connectivity index (χ2n) is 0.733. The van der Waals surface area contributed by atoms with E-state index in [0.29, 0.717) is 6.26 Å². The minimum atomic E-state index is -3.67. The quantitative estimate of drug-likeness (QED) is 0.520. The van der Waals surface area contributed by atoms with Crippen molar-refractivity contribution in [1.29, 1.82) is 0 Å². The first-order chi connectivity index (χ1) is 2.00.